The number of methoxy groups -OCH3 is 1. The van der Waals surface area contributed by atoms with Gasteiger partial charge in [-0.2, -0.15) is 0 Å². The van der Waals surface area contributed by atoms with Crippen LogP contribution in [0.15, 0.2) is 11.4 Å². The second kappa shape index (κ2) is 3.79. The molecule has 0 saturated heterocycles. The zero-order valence-corrected chi connectivity index (χ0v) is 9.27. The van der Waals surface area contributed by atoms with Crippen LogP contribution in [-0.4, -0.2) is 19.1 Å². The third-order valence-corrected chi connectivity index (χ3v) is 3.57. The Hall–Kier alpha value is -0.740. The van der Waals surface area contributed by atoms with E-state index in [2.05, 4.69) is 4.74 Å². The summed E-state index contributed by atoms with van der Waals surface area (Å²) in [6.07, 6.45) is 2.27. The van der Waals surface area contributed by atoms with Crippen LogP contribution in [0, 0.1) is 0 Å². The fourth-order valence-corrected chi connectivity index (χ4v) is 2.36. The van der Waals surface area contributed by atoms with E-state index >= 15 is 0 Å². The highest BCUT2D eigenvalue weighted by molar-refractivity contribution is 7.14. The van der Waals surface area contributed by atoms with Crippen molar-refractivity contribution in [2.75, 3.05) is 11.5 Å². The van der Waals surface area contributed by atoms with Gasteiger partial charge in [-0.3, -0.25) is 4.42 Å². The summed E-state index contributed by atoms with van der Waals surface area (Å²) in [5.41, 5.74) is 0.568. The average molecular weight is 232 g/mol. The quantitative estimate of drug-likeness (QED) is 0.592. The zero-order valence-electron chi connectivity index (χ0n) is 7.70. The van der Waals surface area contributed by atoms with Gasteiger partial charge in [0.1, 0.15) is 5.00 Å². The second-order valence-corrected chi connectivity index (χ2v) is 4.46. The fraction of sp³-hybridized carbons (Fsp3) is 0.444. The Morgan fingerprint density at radius 3 is 3.00 bits per heavy atom. The number of esters is 1. The number of hydrogen-bond donors (Lipinski definition) is 0. The third kappa shape index (κ3) is 1.86. The number of ether oxygens (including phenoxy) is 1. The van der Waals surface area contributed by atoms with E-state index in [0.717, 1.165) is 17.8 Å². The van der Waals surface area contributed by atoms with E-state index in [9.17, 15) is 4.79 Å². The number of thiophene rings is 1. The van der Waals surface area contributed by atoms with Crippen molar-refractivity contribution in [2.45, 2.75) is 18.9 Å². The standard InChI is InChI=1S/C9H10ClNO2S/c1-13-9(12)6-4-8(14-5-6)11(10)7-2-3-7/h4-5,7H,2-3H2,1H3. The van der Waals surface area contributed by atoms with Gasteiger partial charge in [0.15, 0.2) is 0 Å². The molecule has 3 nitrogen and oxygen atoms in total. The van der Waals surface area contributed by atoms with Gasteiger partial charge >= 0.3 is 5.97 Å². The minimum absolute atomic E-state index is 0.312. The highest BCUT2D eigenvalue weighted by Gasteiger charge is 2.29. The van der Waals surface area contributed by atoms with E-state index in [0.29, 0.717) is 11.6 Å². The number of halogens is 1. The van der Waals surface area contributed by atoms with Crippen molar-refractivity contribution in [2.24, 2.45) is 0 Å². The third-order valence-electron chi connectivity index (χ3n) is 2.08. The molecule has 2 rings (SSSR count). The van der Waals surface area contributed by atoms with Crippen LogP contribution in [0.4, 0.5) is 5.00 Å². The lowest BCUT2D eigenvalue weighted by molar-refractivity contribution is 0.0601. The first kappa shape index (κ1) is 9.80. The monoisotopic (exact) mass is 231 g/mol. The maximum atomic E-state index is 11.2. The van der Waals surface area contributed by atoms with Gasteiger partial charge in [0, 0.05) is 23.2 Å². The van der Waals surface area contributed by atoms with Gasteiger partial charge in [-0.15, -0.1) is 11.3 Å². The molecule has 1 aliphatic rings. The number of anilines is 1. The van der Waals surface area contributed by atoms with Crippen LogP contribution in [0.25, 0.3) is 0 Å². The van der Waals surface area contributed by atoms with Gasteiger partial charge in [0.2, 0.25) is 0 Å². The Balaban J connectivity index is 2.12. The molecule has 0 spiro atoms. The molecule has 0 aliphatic heterocycles. The predicted octanol–water partition coefficient (Wildman–Crippen LogP) is 2.66. The molecule has 1 aromatic heterocycles. The SMILES string of the molecule is COC(=O)c1csc(N(Cl)C2CC2)c1. The maximum Gasteiger partial charge on any atom is 0.338 e. The first-order valence-electron chi connectivity index (χ1n) is 4.34. The zero-order chi connectivity index (χ0) is 10.1. The largest absolute Gasteiger partial charge is 0.465 e. The molecule has 0 aromatic carbocycles. The van der Waals surface area contributed by atoms with Gasteiger partial charge in [-0.05, 0) is 18.9 Å². The Morgan fingerprint density at radius 2 is 2.43 bits per heavy atom. The highest BCUT2D eigenvalue weighted by Crippen LogP contribution is 2.36. The second-order valence-electron chi connectivity index (χ2n) is 3.21. The topological polar surface area (TPSA) is 29.5 Å². The fourth-order valence-electron chi connectivity index (χ4n) is 1.14. The normalized spacial score (nSPS) is 15.3. The van der Waals surface area contributed by atoms with Crippen LogP contribution < -0.4 is 4.42 Å². The van der Waals surface area contributed by atoms with Crippen molar-refractivity contribution >= 4 is 34.1 Å². The Labute approximate surface area is 91.3 Å². The molecular formula is C9H10ClNO2S. The van der Waals surface area contributed by atoms with E-state index < -0.39 is 0 Å². The smallest absolute Gasteiger partial charge is 0.338 e. The van der Waals surface area contributed by atoms with Gasteiger partial charge in [0.25, 0.3) is 0 Å². The van der Waals surface area contributed by atoms with Crippen LogP contribution in [0.5, 0.6) is 0 Å². The molecule has 76 valence electrons. The number of nitrogens with zero attached hydrogens (tertiary/aromatic N) is 1. The van der Waals surface area contributed by atoms with E-state index in [4.69, 9.17) is 11.8 Å². The molecule has 1 aliphatic carbocycles. The molecule has 0 unspecified atom stereocenters. The molecule has 5 heteroatoms. The summed E-state index contributed by atoms with van der Waals surface area (Å²) in [7, 11) is 1.37. The molecule has 1 aromatic rings. The van der Waals surface area contributed by atoms with E-state index in [1.165, 1.54) is 18.4 Å². The summed E-state index contributed by atoms with van der Waals surface area (Å²) >= 11 is 7.52. The van der Waals surface area contributed by atoms with Crippen molar-refractivity contribution in [1.29, 1.82) is 0 Å². The highest BCUT2D eigenvalue weighted by atomic mass is 35.5. The Bertz CT molecular complexity index is 348. The van der Waals surface area contributed by atoms with Gasteiger partial charge in [-0.1, -0.05) is 0 Å². The van der Waals surface area contributed by atoms with Crippen molar-refractivity contribution in [3.63, 3.8) is 0 Å². The van der Waals surface area contributed by atoms with Gasteiger partial charge in [-0.25, -0.2) is 4.79 Å². The maximum absolute atomic E-state index is 11.2. The molecule has 14 heavy (non-hydrogen) atoms. The van der Waals surface area contributed by atoms with Gasteiger partial charge < -0.3 is 4.74 Å². The molecule has 1 heterocycles. The van der Waals surface area contributed by atoms with E-state index in [1.807, 2.05) is 0 Å². The Kier molecular flexibility index (Phi) is 2.65. The summed E-state index contributed by atoms with van der Waals surface area (Å²) in [6, 6.07) is 2.21. The lowest BCUT2D eigenvalue weighted by Crippen LogP contribution is -2.10. The van der Waals surface area contributed by atoms with Crippen LogP contribution in [0.1, 0.15) is 23.2 Å². The van der Waals surface area contributed by atoms with Crippen LogP contribution in [0.3, 0.4) is 0 Å². The van der Waals surface area contributed by atoms with Crippen LogP contribution in [0.2, 0.25) is 0 Å². The lowest BCUT2D eigenvalue weighted by atomic mass is 10.3. The van der Waals surface area contributed by atoms with Crippen molar-refractivity contribution in [3.05, 3.63) is 17.0 Å². The minimum Gasteiger partial charge on any atom is -0.465 e. The summed E-state index contributed by atoms with van der Waals surface area (Å²) < 4.78 is 6.32. The van der Waals surface area contributed by atoms with Crippen molar-refractivity contribution in [3.8, 4) is 0 Å². The summed E-state index contributed by atoms with van der Waals surface area (Å²) in [6.45, 7) is 0. The summed E-state index contributed by atoms with van der Waals surface area (Å²) in [4.78, 5) is 11.2. The average Bonchev–Trinajstić information content (AvgIpc) is 2.93. The number of carbonyl (C=O) groups excluding carboxylic acids is 1. The Morgan fingerprint density at radius 1 is 1.71 bits per heavy atom. The number of rotatable bonds is 3. The molecule has 0 amide bonds. The van der Waals surface area contributed by atoms with E-state index in [1.54, 1.807) is 15.9 Å². The first-order valence-corrected chi connectivity index (χ1v) is 5.56. The summed E-state index contributed by atoms with van der Waals surface area (Å²) in [5.74, 6) is -0.312. The van der Waals surface area contributed by atoms with Gasteiger partial charge in [0.05, 0.1) is 12.7 Å². The number of carbonyl (C=O) groups is 1. The first-order chi connectivity index (χ1) is 6.72. The lowest BCUT2D eigenvalue weighted by Gasteiger charge is -2.10. The predicted molar refractivity (Wildman–Crippen MR) is 57.0 cm³/mol. The van der Waals surface area contributed by atoms with E-state index in [-0.39, 0.29) is 5.97 Å². The summed E-state index contributed by atoms with van der Waals surface area (Å²) in [5, 5.41) is 2.67. The molecule has 0 atom stereocenters. The van der Waals surface area contributed by atoms with Crippen LogP contribution >= 0.6 is 23.1 Å². The molecule has 0 N–H and O–H groups in total. The molecule has 0 radical (unpaired) electrons. The molecule has 1 fully saturated rings. The molecular weight excluding hydrogens is 222 g/mol. The van der Waals surface area contributed by atoms with Crippen LogP contribution in [-0.2, 0) is 4.74 Å². The van der Waals surface area contributed by atoms with Crippen molar-refractivity contribution < 1.29 is 9.53 Å². The van der Waals surface area contributed by atoms with Crippen molar-refractivity contribution in [1.82, 2.24) is 0 Å². The minimum atomic E-state index is -0.312. The number of hydrogen-bond acceptors (Lipinski definition) is 4. The molecule has 1 saturated carbocycles. The molecule has 0 bridgehead atoms.